The van der Waals surface area contributed by atoms with Gasteiger partial charge in [0.1, 0.15) is 5.57 Å². The van der Waals surface area contributed by atoms with Crippen LogP contribution in [0.5, 0.6) is 11.5 Å². The SMILES string of the molecule is CCOC(=O)COc1ccc(/C=C2/C(=O)NN(c3cccc(Br)c3)C2=O)cc1OC. The molecule has 2 aromatic rings. The van der Waals surface area contributed by atoms with Crippen LogP contribution in [0.1, 0.15) is 12.5 Å². The van der Waals surface area contributed by atoms with E-state index in [9.17, 15) is 14.4 Å². The highest BCUT2D eigenvalue weighted by molar-refractivity contribution is 9.10. The minimum absolute atomic E-state index is 0.0165. The highest BCUT2D eigenvalue weighted by atomic mass is 79.9. The maximum Gasteiger partial charge on any atom is 0.344 e. The van der Waals surface area contributed by atoms with Crippen LogP contribution >= 0.6 is 15.9 Å². The topological polar surface area (TPSA) is 94.2 Å². The average molecular weight is 475 g/mol. The lowest BCUT2D eigenvalue weighted by atomic mass is 10.1. The number of rotatable bonds is 7. The number of carbonyl (C=O) groups is 3. The van der Waals surface area contributed by atoms with Crippen molar-refractivity contribution in [3.63, 3.8) is 0 Å². The van der Waals surface area contributed by atoms with E-state index < -0.39 is 17.8 Å². The molecule has 1 aliphatic rings. The second kappa shape index (κ2) is 9.45. The zero-order valence-corrected chi connectivity index (χ0v) is 17.9. The third kappa shape index (κ3) is 4.80. The van der Waals surface area contributed by atoms with Crippen molar-refractivity contribution in [3.8, 4) is 11.5 Å². The first-order valence-electron chi connectivity index (χ1n) is 9.02. The molecular weight excluding hydrogens is 456 g/mol. The van der Waals surface area contributed by atoms with Crippen molar-refractivity contribution in [2.45, 2.75) is 6.92 Å². The summed E-state index contributed by atoms with van der Waals surface area (Å²) in [7, 11) is 1.45. The number of methoxy groups -OCH3 is 1. The number of hydrogen-bond acceptors (Lipinski definition) is 6. The molecule has 0 saturated carbocycles. The van der Waals surface area contributed by atoms with Crippen LogP contribution in [0, 0.1) is 0 Å². The number of esters is 1. The molecule has 1 saturated heterocycles. The molecular formula is C21H19BrN2O6. The summed E-state index contributed by atoms with van der Waals surface area (Å²) < 4.78 is 16.3. The highest BCUT2D eigenvalue weighted by Gasteiger charge is 2.34. The van der Waals surface area contributed by atoms with Gasteiger partial charge in [-0.15, -0.1) is 0 Å². The summed E-state index contributed by atoms with van der Waals surface area (Å²) in [5.41, 5.74) is 3.63. The van der Waals surface area contributed by atoms with Crippen molar-refractivity contribution in [2.24, 2.45) is 0 Å². The van der Waals surface area contributed by atoms with Crippen molar-refractivity contribution in [1.82, 2.24) is 5.43 Å². The van der Waals surface area contributed by atoms with Gasteiger partial charge >= 0.3 is 5.97 Å². The molecule has 1 fully saturated rings. The van der Waals surface area contributed by atoms with Gasteiger partial charge in [-0.3, -0.25) is 15.0 Å². The molecule has 0 aliphatic carbocycles. The van der Waals surface area contributed by atoms with Crippen molar-refractivity contribution >= 4 is 45.5 Å². The molecule has 1 aliphatic heterocycles. The summed E-state index contributed by atoms with van der Waals surface area (Å²) in [6, 6.07) is 11.9. The van der Waals surface area contributed by atoms with Crippen molar-refractivity contribution in [2.75, 3.05) is 25.3 Å². The maximum atomic E-state index is 12.7. The van der Waals surface area contributed by atoms with Gasteiger partial charge in [-0.2, -0.15) is 0 Å². The number of halogens is 1. The van der Waals surface area contributed by atoms with Gasteiger partial charge in [-0.1, -0.05) is 28.1 Å². The third-order valence-electron chi connectivity index (χ3n) is 4.11. The third-order valence-corrected chi connectivity index (χ3v) is 4.60. The number of hydrazine groups is 1. The Morgan fingerprint density at radius 3 is 2.67 bits per heavy atom. The molecule has 30 heavy (non-hydrogen) atoms. The molecule has 2 aromatic carbocycles. The van der Waals surface area contributed by atoms with E-state index in [2.05, 4.69) is 21.4 Å². The predicted molar refractivity (Wildman–Crippen MR) is 113 cm³/mol. The first-order valence-corrected chi connectivity index (χ1v) is 9.81. The summed E-state index contributed by atoms with van der Waals surface area (Å²) in [4.78, 5) is 36.6. The zero-order chi connectivity index (χ0) is 21.7. The largest absolute Gasteiger partial charge is 0.493 e. The average Bonchev–Trinajstić information content (AvgIpc) is 3.01. The van der Waals surface area contributed by atoms with Crippen LogP contribution in [0.2, 0.25) is 0 Å². The summed E-state index contributed by atoms with van der Waals surface area (Å²) in [6.07, 6.45) is 1.47. The van der Waals surface area contributed by atoms with E-state index in [-0.39, 0.29) is 18.8 Å². The molecule has 0 bridgehead atoms. The van der Waals surface area contributed by atoms with Gasteiger partial charge in [0.15, 0.2) is 18.1 Å². The first-order chi connectivity index (χ1) is 14.4. The number of benzene rings is 2. The van der Waals surface area contributed by atoms with E-state index in [1.807, 2.05) is 6.07 Å². The molecule has 0 atom stereocenters. The molecule has 8 nitrogen and oxygen atoms in total. The van der Waals surface area contributed by atoms with E-state index in [0.717, 1.165) is 4.47 Å². The van der Waals surface area contributed by atoms with Crippen LogP contribution in [0.3, 0.4) is 0 Å². The van der Waals surface area contributed by atoms with Crippen LogP contribution in [0.25, 0.3) is 6.08 Å². The number of amides is 2. The molecule has 1 heterocycles. The Morgan fingerprint density at radius 2 is 1.97 bits per heavy atom. The first kappa shape index (κ1) is 21.4. The van der Waals surface area contributed by atoms with E-state index >= 15 is 0 Å². The monoisotopic (exact) mass is 474 g/mol. The molecule has 0 unspecified atom stereocenters. The van der Waals surface area contributed by atoms with E-state index in [1.54, 1.807) is 43.3 Å². The van der Waals surface area contributed by atoms with Crippen LogP contribution in [-0.2, 0) is 19.1 Å². The Kier molecular flexibility index (Phi) is 6.73. The number of carbonyl (C=O) groups excluding carboxylic acids is 3. The van der Waals surface area contributed by atoms with E-state index in [0.29, 0.717) is 22.7 Å². The molecule has 0 radical (unpaired) electrons. The van der Waals surface area contributed by atoms with Crippen molar-refractivity contribution in [3.05, 3.63) is 58.1 Å². The van der Waals surface area contributed by atoms with Crippen molar-refractivity contribution < 1.29 is 28.6 Å². The fourth-order valence-corrected chi connectivity index (χ4v) is 3.14. The Labute approximate surface area is 181 Å². The minimum Gasteiger partial charge on any atom is -0.493 e. The van der Waals surface area contributed by atoms with Gasteiger partial charge in [0.2, 0.25) is 0 Å². The lowest BCUT2D eigenvalue weighted by molar-refractivity contribution is -0.145. The summed E-state index contributed by atoms with van der Waals surface area (Å²) >= 11 is 3.35. The fourth-order valence-electron chi connectivity index (χ4n) is 2.75. The molecule has 0 spiro atoms. The van der Waals surface area contributed by atoms with Crippen LogP contribution < -0.4 is 19.9 Å². The predicted octanol–water partition coefficient (Wildman–Crippen LogP) is 2.86. The maximum absolute atomic E-state index is 12.7. The highest BCUT2D eigenvalue weighted by Crippen LogP contribution is 2.30. The lowest BCUT2D eigenvalue weighted by Crippen LogP contribution is -2.35. The summed E-state index contributed by atoms with van der Waals surface area (Å²) in [5, 5.41) is 1.19. The normalized spacial score (nSPS) is 14.6. The van der Waals surface area contributed by atoms with Crippen molar-refractivity contribution in [1.29, 1.82) is 0 Å². The van der Waals surface area contributed by atoms with Crippen LogP contribution in [0.4, 0.5) is 5.69 Å². The molecule has 156 valence electrons. The molecule has 2 amide bonds. The molecule has 3 rings (SSSR count). The van der Waals surface area contributed by atoms with Crippen LogP contribution in [-0.4, -0.2) is 38.1 Å². The van der Waals surface area contributed by atoms with Gasteiger partial charge in [-0.05, 0) is 48.9 Å². The Morgan fingerprint density at radius 1 is 1.17 bits per heavy atom. The van der Waals surface area contributed by atoms with Crippen LogP contribution in [0.15, 0.2) is 52.5 Å². The van der Waals surface area contributed by atoms with Gasteiger partial charge in [0.25, 0.3) is 11.8 Å². The second-order valence-corrected chi connectivity index (χ2v) is 7.04. The number of ether oxygens (including phenoxy) is 3. The smallest absolute Gasteiger partial charge is 0.344 e. The number of nitrogens with one attached hydrogen (secondary N) is 1. The Balaban J connectivity index is 1.81. The van der Waals surface area contributed by atoms with Gasteiger partial charge in [0, 0.05) is 4.47 Å². The molecule has 0 aromatic heterocycles. The second-order valence-electron chi connectivity index (χ2n) is 6.12. The summed E-state index contributed by atoms with van der Waals surface area (Å²) in [6.45, 7) is 1.71. The molecule has 9 heteroatoms. The number of hydrogen-bond donors (Lipinski definition) is 1. The van der Waals surface area contributed by atoms with Gasteiger partial charge in [0.05, 0.1) is 19.4 Å². The summed E-state index contributed by atoms with van der Waals surface area (Å²) in [5.74, 6) is -0.790. The van der Waals surface area contributed by atoms with Gasteiger partial charge < -0.3 is 14.2 Å². The zero-order valence-electron chi connectivity index (χ0n) is 16.3. The number of anilines is 1. The number of nitrogens with zero attached hydrogens (tertiary/aromatic N) is 1. The molecule has 1 N–H and O–H groups in total. The fraction of sp³-hybridized carbons (Fsp3) is 0.190. The Hall–Kier alpha value is -3.33. The quantitative estimate of drug-likeness (QED) is 0.376. The lowest BCUT2D eigenvalue weighted by Gasteiger charge is -2.14. The Bertz CT molecular complexity index is 1020. The standard InChI is InChI=1S/C21H19BrN2O6/c1-3-29-19(25)12-30-17-8-7-13(10-18(17)28-2)9-16-20(26)23-24(21(16)27)15-6-4-5-14(22)11-15/h4-11H,3,12H2,1-2H3,(H,23,26)/b16-9-. The van der Waals surface area contributed by atoms with Gasteiger partial charge in [-0.25, -0.2) is 9.80 Å². The van der Waals surface area contributed by atoms with E-state index in [4.69, 9.17) is 14.2 Å². The van der Waals surface area contributed by atoms with E-state index in [1.165, 1.54) is 18.2 Å². The minimum atomic E-state index is -0.512.